The Morgan fingerprint density at radius 2 is 1.79 bits per heavy atom. The zero-order valence-electron chi connectivity index (χ0n) is 13.9. The van der Waals surface area contributed by atoms with Crippen LogP contribution in [0.1, 0.15) is 10.4 Å². The fourth-order valence-corrected chi connectivity index (χ4v) is 3.29. The zero-order valence-corrected chi connectivity index (χ0v) is 14.7. The minimum atomic E-state index is -1.33. The van der Waals surface area contributed by atoms with Gasteiger partial charge in [-0.1, -0.05) is 28.9 Å². The fourth-order valence-electron chi connectivity index (χ4n) is 3.16. The Balaban J connectivity index is 1.70. The van der Waals surface area contributed by atoms with Crippen molar-refractivity contribution in [1.29, 1.82) is 0 Å². The second-order valence-electron chi connectivity index (χ2n) is 6.07. The summed E-state index contributed by atoms with van der Waals surface area (Å²) >= 11 is 5.81. The summed E-state index contributed by atoms with van der Waals surface area (Å²) in [6.45, 7) is 0. The highest BCUT2D eigenvalue weighted by Gasteiger charge is 2.58. The molecule has 10 heteroatoms. The summed E-state index contributed by atoms with van der Waals surface area (Å²) in [7, 11) is 0. The number of imide groups is 1. The number of oxime groups is 1. The normalized spacial score (nSPS) is 20.6. The largest absolute Gasteiger partial charge is 0.381 e. The molecule has 0 unspecified atom stereocenters. The Morgan fingerprint density at radius 3 is 2.46 bits per heavy atom. The van der Waals surface area contributed by atoms with Gasteiger partial charge in [0.1, 0.15) is 17.3 Å². The van der Waals surface area contributed by atoms with E-state index < -0.39 is 40.2 Å². The van der Waals surface area contributed by atoms with Gasteiger partial charge in [0.2, 0.25) is 17.8 Å². The number of anilines is 1. The van der Waals surface area contributed by atoms with E-state index in [-0.39, 0.29) is 17.0 Å². The standard InChI is InChI=1S/C18H10ClN3O6/c19-10-7-5-9(6-8-10)15(23)14-13-16(28-20-14)18(25)21(17(13)24)11-3-1-2-4-12(11)22(26)27/h1-8,13,16H/t13-,16-/m1/s1. The molecule has 0 aromatic heterocycles. The first-order valence-electron chi connectivity index (χ1n) is 8.05. The number of Topliss-reactive ketones (excluding diaryl/α,β-unsaturated/α-hetero) is 1. The van der Waals surface area contributed by atoms with Crippen molar-refractivity contribution in [2.24, 2.45) is 11.1 Å². The number of para-hydroxylation sites is 2. The molecule has 0 saturated carbocycles. The van der Waals surface area contributed by atoms with Crippen LogP contribution < -0.4 is 4.90 Å². The third kappa shape index (κ3) is 2.64. The summed E-state index contributed by atoms with van der Waals surface area (Å²) in [6, 6.07) is 11.3. The van der Waals surface area contributed by atoms with Gasteiger partial charge in [-0.3, -0.25) is 24.5 Å². The van der Waals surface area contributed by atoms with Gasteiger partial charge in [-0.05, 0) is 30.3 Å². The molecule has 2 aliphatic rings. The Hall–Kier alpha value is -3.59. The van der Waals surface area contributed by atoms with Gasteiger partial charge >= 0.3 is 0 Å². The number of carbonyl (C=O) groups is 3. The van der Waals surface area contributed by atoms with Gasteiger partial charge in [0.05, 0.1) is 4.92 Å². The number of nitro benzene ring substituents is 1. The van der Waals surface area contributed by atoms with E-state index >= 15 is 0 Å². The molecule has 1 saturated heterocycles. The summed E-state index contributed by atoms with van der Waals surface area (Å²) in [5, 5.41) is 15.3. The van der Waals surface area contributed by atoms with E-state index in [1.807, 2.05) is 0 Å². The van der Waals surface area contributed by atoms with Crippen molar-refractivity contribution in [3.05, 3.63) is 69.2 Å². The Bertz CT molecular complexity index is 1070. The molecule has 140 valence electrons. The SMILES string of the molecule is O=C(C1=NO[C@H]2C(=O)N(c3ccccc3[N+](=O)[O-])C(=O)[C@H]12)c1ccc(Cl)cc1. The van der Waals surface area contributed by atoms with Gasteiger partial charge < -0.3 is 4.84 Å². The second kappa shape index (κ2) is 6.54. The molecule has 4 rings (SSSR count). The topological polar surface area (TPSA) is 119 Å². The number of benzene rings is 2. The zero-order chi connectivity index (χ0) is 20.0. The number of amides is 2. The molecular formula is C18H10ClN3O6. The molecule has 0 bridgehead atoms. The van der Waals surface area contributed by atoms with Crippen LogP contribution in [0.4, 0.5) is 11.4 Å². The molecule has 2 heterocycles. The van der Waals surface area contributed by atoms with Crippen molar-refractivity contribution in [2.45, 2.75) is 6.10 Å². The lowest BCUT2D eigenvalue weighted by Crippen LogP contribution is -2.34. The number of halogens is 1. The van der Waals surface area contributed by atoms with Crippen LogP contribution in [0.25, 0.3) is 0 Å². The van der Waals surface area contributed by atoms with Crippen LogP contribution in [0.3, 0.4) is 0 Å². The third-order valence-electron chi connectivity index (χ3n) is 4.47. The molecule has 0 aliphatic carbocycles. The lowest BCUT2D eigenvalue weighted by Gasteiger charge is -2.15. The van der Waals surface area contributed by atoms with Gasteiger partial charge in [0.25, 0.3) is 11.6 Å². The number of carbonyl (C=O) groups excluding carboxylic acids is 3. The highest BCUT2D eigenvalue weighted by molar-refractivity contribution is 6.52. The molecule has 2 aliphatic heterocycles. The maximum absolute atomic E-state index is 12.9. The van der Waals surface area contributed by atoms with Gasteiger partial charge in [0, 0.05) is 16.7 Å². The van der Waals surface area contributed by atoms with Crippen molar-refractivity contribution in [3.63, 3.8) is 0 Å². The number of nitro groups is 1. The summed E-state index contributed by atoms with van der Waals surface area (Å²) in [6.07, 6.45) is -1.33. The highest BCUT2D eigenvalue weighted by Crippen LogP contribution is 2.37. The second-order valence-corrected chi connectivity index (χ2v) is 6.51. The molecule has 2 atom stereocenters. The van der Waals surface area contributed by atoms with Gasteiger partial charge in [0.15, 0.2) is 0 Å². The Morgan fingerprint density at radius 1 is 1.11 bits per heavy atom. The number of hydrogen-bond acceptors (Lipinski definition) is 7. The van der Waals surface area contributed by atoms with E-state index in [2.05, 4.69) is 5.16 Å². The summed E-state index contributed by atoms with van der Waals surface area (Å²) in [5.74, 6) is -3.47. The average molecular weight is 400 g/mol. The molecular weight excluding hydrogens is 390 g/mol. The lowest BCUT2D eigenvalue weighted by atomic mass is 9.93. The smallest absolute Gasteiger partial charge is 0.293 e. The molecule has 2 aromatic rings. The van der Waals surface area contributed by atoms with Crippen LogP contribution in [0.2, 0.25) is 5.02 Å². The van der Waals surface area contributed by atoms with Crippen molar-refractivity contribution >= 4 is 46.3 Å². The molecule has 28 heavy (non-hydrogen) atoms. The number of nitrogens with zero attached hydrogens (tertiary/aromatic N) is 3. The van der Waals surface area contributed by atoms with E-state index in [9.17, 15) is 24.5 Å². The third-order valence-corrected chi connectivity index (χ3v) is 4.72. The number of fused-ring (bicyclic) bond motifs is 1. The van der Waals surface area contributed by atoms with Gasteiger partial charge in [-0.25, -0.2) is 4.90 Å². The molecule has 0 spiro atoms. The fraction of sp³-hybridized carbons (Fsp3) is 0.111. The lowest BCUT2D eigenvalue weighted by molar-refractivity contribution is -0.384. The predicted octanol–water partition coefficient (Wildman–Crippen LogP) is 2.38. The van der Waals surface area contributed by atoms with Crippen molar-refractivity contribution in [1.82, 2.24) is 0 Å². The highest BCUT2D eigenvalue weighted by atomic mass is 35.5. The van der Waals surface area contributed by atoms with E-state index in [1.54, 1.807) is 0 Å². The van der Waals surface area contributed by atoms with Crippen molar-refractivity contribution in [3.8, 4) is 0 Å². The minimum Gasteiger partial charge on any atom is -0.381 e. The number of ketones is 1. The number of rotatable bonds is 4. The van der Waals surface area contributed by atoms with Crippen molar-refractivity contribution in [2.75, 3.05) is 4.90 Å². The molecule has 9 nitrogen and oxygen atoms in total. The van der Waals surface area contributed by atoms with E-state index in [4.69, 9.17) is 16.4 Å². The number of hydrogen-bond donors (Lipinski definition) is 0. The maximum Gasteiger partial charge on any atom is 0.293 e. The average Bonchev–Trinajstić information content (AvgIpc) is 3.22. The first-order valence-corrected chi connectivity index (χ1v) is 8.43. The molecule has 0 N–H and O–H groups in total. The van der Waals surface area contributed by atoms with E-state index in [0.29, 0.717) is 9.92 Å². The van der Waals surface area contributed by atoms with Crippen LogP contribution in [0.5, 0.6) is 0 Å². The summed E-state index contributed by atoms with van der Waals surface area (Å²) in [5.41, 5.74) is -0.603. The Labute approximate surface area is 162 Å². The van der Waals surface area contributed by atoms with E-state index in [0.717, 1.165) is 0 Å². The molecule has 2 aromatic carbocycles. The quantitative estimate of drug-likeness (QED) is 0.337. The van der Waals surface area contributed by atoms with Crippen molar-refractivity contribution < 1.29 is 24.1 Å². The molecule has 1 fully saturated rings. The van der Waals surface area contributed by atoms with Crippen LogP contribution >= 0.6 is 11.6 Å². The monoisotopic (exact) mass is 399 g/mol. The molecule has 0 radical (unpaired) electrons. The van der Waals surface area contributed by atoms with Gasteiger partial charge in [-0.15, -0.1) is 0 Å². The van der Waals surface area contributed by atoms with Crippen LogP contribution in [-0.2, 0) is 14.4 Å². The van der Waals surface area contributed by atoms with E-state index in [1.165, 1.54) is 48.5 Å². The predicted molar refractivity (Wildman–Crippen MR) is 97.2 cm³/mol. The van der Waals surface area contributed by atoms with Crippen LogP contribution in [-0.4, -0.2) is 34.3 Å². The first kappa shape index (κ1) is 17.8. The minimum absolute atomic E-state index is 0.182. The van der Waals surface area contributed by atoms with Crippen LogP contribution in [0.15, 0.2) is 53.7 Å². The summed E-state index contributed by atoms with van der Waals surface area (Å²) in [4.78, 5) is 54.6. The first-order chi connectivity index (χ1) is 13.4. The molecule has 2 amide bonds. The van der Waals surface area contributed by atoms with Gasteiger partial charge in [-0.2, -0.15) is 0 Å². The maximum atomic E-state index is 12.9. The summed E-state index contributed by atoms with van der Waals surface area (Å²) < 4.78 is 0. The van der Waals surface area contributed by atoms with Crippen LogP contribution in [0, 0.1) is 16.0 Å². The Kier molecular flexibility index (Phi) is 4.16.